The van der Waals surface area contributed by atoms with Gasteiger partial charge in [-0.3, -0.25) is 0 Å². The largest absolute Gasteiger partial charge is 0.247 e. The molecule has 0 aliphatic heterocycles. The molecule has 2 heterocycles. The summed E-state index contributed by atoms with van der Waals surface area (Å²) in [6.07, 6.45) is 0. The van der Waals surface area contributed by atoms with E-state index in [1.54, 1.807) is 6.07 Å². The predicted molar refractivity (Wildman–Crippen MR) is 215 cm³/mol. The molecule has 0 fully saturated rings. The summed E-state index contributed by atoms with van der Waals surface area (Å²) in [4.78, 5) is 20.0. The monoisotopic (exact) mass is 698 g/mol. The van der Waals surface area contributed by atoms with Crippen LogP contribution in [0.5, 0.6) is 0 Å². The van der Waals surface area contributed by atoms with Crippen molar-refractivity contribution in [2.75, 3.05) is 0 Å². The van der Waals surface area contributed by atoms with E-state index >= 15 is 0 Å². The van der Waals surface area contributed by atoms with Crippen LogP contribution in [-0.2, 0) is 0 Å². The van der Waals surface area contributed by atoms with Crippen LogP contribution in [0.15, 0.2) is 170 Å². The molecule has 0 radical (unpaired) electrons. The van der Waals surface area contributed by atoms with Crippen LogP contribution in [0.25, 0.3) is 99.8 Å². The van der Waals surface area contributed by atoms with E-state index in [-0.39, 0.29) is 0 Å². The number of fused-ring (bicyclic) bond motifs is 8. The van der Waals surface area contributed by atoms with E-state index in [0.29, 0.717) is 28.7 Å². The minimum atomic E-state index is -0.914. The zero-order valence-electron chi connectivity index (χ0n) is 28.7. The third kappa shape index (κ3) is 5.35. The van der Waals surface area contributed by atoms with Crippen molar-refractivity contribution in [2.24, 2.45) is 0 Å². The number of pyridine rings is 1. The maximum atomic E-state index is 14.8. The summed E-state index contributed by atoms with van der Waals surface area (Å²) < 4.78 is 29.1. The Hall–Kier alpha value is -7.18. The molecule has 0 aliphatic carbocycles. The zero-order valence-corrected chi connectivity index (χ0v) is 28.7. The van der Waals surface area contributed by atoms with Crippen molar-refractivity contribution in [3.63, 3.8) is 0 Å². The van der Waals surface area contributed by atoms with E-state index < -0.39 is 11.6 Å². The summed E-state index contributed by atoms with van der Waals surface area (Å²) in [7, 11) is 0. The molecule has 54 heavy (non-hydrogen) atoms. The summed E-state index contributed by atoms with van der Waals surface area (Å²) >= 11 is 0. The molecule has 10 aromatic rings. The van der Waals surface area contributed by atoms with Crippen LogP contribution in [0.3, 0.4) is 0 Å². The van der Waals surface area contributed by atoms with Crippen molar-refractivity contribution in [2.45, 2.75) is 0 Å². The van der Waals surface area contributed by atoms with Crippen LogP contribution in [0.2, 0.25) is 0 Å². The molecule has 0 unspecified atom stereocenters. The average Bonchev–Trinajstić information content (AvgIpc) is 3.24. The van der Waals surface area contributed by atoms with Crippen molar-refractivity contribution in [1.29, 1.82) is 0 Å². The van der Waals surface area contributed by atoms with Crippen LogP contribution in [0.4, 0.5) is 8.78 Å². The second-order valence-corrected chi connectivity index (χ2v) is 13.3. The van der Waals surface area contributed by atoms with Crippen LogP contribution >= 0.6 is 0 Å². The van der Waals surface area contributed by atoms with E-state index in [2.05, 4.69) is 54.6 Å². The van der Waals surface area contributed by atoms with Gasteiger partial charge in [-0.05, 0) is 63.0 Å². The highest BCUT2D eigenvalue weighted by Crippen LogP contribution is 2.43. The maximum Gasteiger partial charge on any atom is 0.164 e. The Morgan fingerprint density at radius 1 is 0.296 bits per heavy atom. The summed E-state index contributed by atoms with van der Waals surface area (Å²) in [5.74, 6) is -0.0607. The molecule has 0 atom stereocenters. The van der Waals surface area contributed by atoms with Crippen molar-refractivity contribution >= 4 is 43.2 Å². The molecule has 10 rings (SSSR count). The number of nitrogens with zero attached hydrogens (tertiary/aromatic N) is 4. The first-order chi connectivity index (χ1) is 26.6. The first kappa shape index (κ1) is 31.5. The van der Waals surface area contributed by atoms with Crippen molar-refractivity contribution in [3.8, 4) is 56.5 Å². The molecule has 0 saturated heterocycles. The second-order valence-electron chi connectivity index (χ2n) is 13.3. The normalized spacial score (nSPS) is 11.5. The quantitative estimate of drug-likeness (QED) is 0.168. The van der Waals surface area contributed by atoms with Crippen LogP contribution < -0.4 is 0 Å². The van der Waals surface area contributed by atoms with Crippen molar-refractivity contribution < 1.29 is 8.78 Å². The second kappa shape index (κ2) is 12.8. The van der Waals surface area contributed by atoms with Gasteiger partial charge in [0.15, 0.2) is 29.1 Å². The lowest BCUT2D eigenvalue weighted by Gasteiger charge is -2.17. The first-order valence-corrected chi connectivity index (χ1v) is 17.7. The fourth-order valence-electron chi connectivity index (χ4n) is 7.49. The molecule has 2 aromatic heterocycles. The first-order valence-electron chi connectivity index (χ1n) is 17.7. The number of hydrogen-bond donors (Lipinski definition) is 0. The molecule has 8 aromatic carbocycles. The molecule has 0 amide bonds. The standard InChI is InChI=1S/C48H28F2N4/c49-40-25-23-33(27-41(40)50)45-44-38-21-10-8-19-36(38)35-18-7-9-20-37(35)43(44)39-24-22-32(28-42(39)51-45)31-16-11-17-34(26-31)48-53-46(29-12-3-1-4-13-29)52-47(54-48)30-14-5-2-6-15-30/h1-28H. The Morgan fingerprint density at radius 2 is 0.796 bits per heavy atom. The molecule has 254 valence electrons. The van der Waals surface area contributed by atoms with Gasteiger partial charge in [-0.2, -0.15) is 0 Å². The molecule has 0 spiro atoms. The summed E-state index contributed by atoms with van der Waals surface area (Å²) in [6, 6.07) is 54.8. The van der Waals surface area contributed by atoms with Crippen molar-refractivity contribution in [3.05, 3.63) is 181 Å². The number of hydrogen-bond acceptors (Lipinski definition) is 4. The minimum absolute atomic E-state index is 0.506. The van der Waals surface area contributed by atoms with Gasteiger partial charge < -0.3 is 0 Å². The molecule has 0 saturated carbocycles. The summed E-state index contributed by atoms with van der Waals surface area (Å²) in [5, 5.41) is 7.13. The van der Waals surface area contributed by atoms with Gasteiger partial charge in [-0.1, -0.05) is 140 Å². The van der Waals surface area contributed by atoms with E-state index in [4.69, 9.17) is 19.9 Å². The maximum absolute atomic E-state index is 14.8. The lowest BCUT2D eigenvalue weighted by Crippen LogP contribution is -2.00. The Balaban J connectivity index is 1.19. The van der Waals surface area contributed by atoms with Gasteiger partial charge in [0, 0.05) is 38.4 Å². The number of halogens is 2. The SMILES string of the molecule is Fc1ccc(-c2nc3cc(-c4cccc(-c5nc(-c6ccccc6)nc(-c6ccccc6)n5)c4)ccc3c3c4ccccc4c4ccccc4c23)cc1F. The fourth-order valence-corrected chi connectivity index (χ4v) is 7.49. The number of aromatic nitrogens is 4. The smallest absolute Gasteiger partial charge is 0.164 e. The topological polar surface area (TPSA) is 51.6 Å². The predicted octanol–water partition coefficient (Wildman–Crippen LogP) is 12.5. The van der Waals surface area contributed by atoms with Gasteiger partial charge in [0.1, 0.15) is 0 Å². The van der Waals surface area contributed by atoms with Crippen LogP contribution in [0.1, 0.15) is 0 Å². The highest BCUT2D eigenvalue weighted by Gasteiger charge is 2.19. The van der Waals surface area contributed by atoms with Gasteiger partial charge in [0.2, 0.25) is 0 Å². The number of benzene rings is 8. The van der Waals surface area contributed by atoms with Gasteiger partial charge in [-0.15, -0.1) is 0 Å². The van der Waals surface area contributed by atoms with E-state index in [9.17, 15) is 8.78 Å². The van der Waals surface area contributed by atoms with E-state index in [1.807, 2.05) is 97.1 Å². The van der Waals surface area contributed by atoms with Gasteiger partial charge in [0.05, 0.1) is 11.2 Å². The highest BCUT2D eigenvalue weighted by atomic mass is 19.2. The Labute approximate surface area is 309 Å². The third-order valence-electron chi connectivity index (χ3n) is 10.0. The fraction of sp³-hybridized carbons (Fsp3) is 0. The van der Waals surface area contributed by atoms with Gasteiger partial charge >= 0.3 is 0 Å². The molecule has 0 aliphatic rings. The van der Waals surface area contributed by atoms with E-state index in [0.717, 1.165) is 71.0 Å². The van der Waals surface area contributed by atoms with Crippen LogP contribution in [0, 0.1) is 11.6 Å². The summed E-state index contributed by atoms with van der Waals surface area (Å²) in [6.45, 7) is 0. The number of rotatable bonds is 5. The Kier molecular flexibility index (Phi) is 7.47. The third-order valence-corrected chi connectivity index (χ3v) is 10.0. The minimum Gasteiger partial charge on any atom is -0.247 e. The highest BCUT2D eigenvalue weighted by molar-refractivity contribution is 6.33. The molecular weight excluding hydrogens is 671 g/mol. The molecular formula is C48H28F2N4. The van der Waals surface area contributed by atoms with Crippen LogP contribution in [-0.4, -0.2) is 19.9 Å². The Bertz CT molecular complexity index is 3020. The molecule has 6 heteroatoms. The lowest BCUT2D eigenvalue weighted by molar-refractivity contribution is 0.509. The lowest BCUT2D eigenvalue weighted by atomic mass is 9.89. The molecule has 4 nitrogen and oxygen atoms in total. The summed E-state index contributed by atoms with van der Waals surface area (Å²) in [5.41, 5.74) is 6.39. The molecule has 0 bridgehead atoms. The average molecular weight is 699 g/mol. The zero-order chi connectivity index (χ0) is 36.2. The van der Waals surface area contributed by atoms with Crippen molar-refractivity contribution in [1.82, 2.24) is 19.9 Å². The van der Waals surface area contributed by atoms with E-state index in [1.165, 1.54) is 12.1 Å². The molecule has 0 N–H and O–H groups in total. The van der Waals surface area contributed by atoms with Gasteiger partial charge in [0.25, 0.3) is 0 Å². The Morgan fingerprint density at radius 3 is 1.43 bits per heavy atom. The van der Waals surface area contributed by atoms with Gasteiger partial charge in [-0.25, -0.2) is 28.7 Å².